The Balaban J connectivity index is 0.000000447. The Kier molecular flexibility index (Phi) is 19.8. The molecule has 2 aliphatic carbocycles. The number of hydrogen-bond donors (Lipinski definition) is 5. The molecule has 2 aromatic carbocycles. The van der Waals surface area contributed by atoms with E-state index in [1.54, 1.807) is 14.0 Å². The number of nitrogens with two attached hydrogens (primary N) is 2. The molecule has 10 nitrogen and oxygen atoms in total. The van der Waals surface area contributed by atoms with Gasteiger partial charge in [0.05, 0.1) is 12.8 Å². The number of benzene rings is 2. The van der Waals surface area contributed by atoms with E-state index in [1.807, 2.05) is 32.1 Å². The molecule has 3 aromatic rings. The quantitative estimate of drug-likeness (QED) is 0.0849. The predicted molar refractivity (Wildman–Crippen MR) is 202 cm³/mol. The van der Waals surface area contributed by atoms with Gasteiger partial charge in [0, 0.05) is 42.2 Å². The zero-order valence-electron chi connectivity index (χ0n) is 29.9. The second-order valence-corrected chi connectivity index (χ2v) is 11.7. The Labute approximate surface area is 287 Å². The molecule has 48 heavy (non-hydrogen) atoms. The Morgan fingerprint density at radius 3 is 2.31 bits per heavy atom. The van der Waals surface area contributed by atoms with Crippen LogP contribution in [0.15, 0.2) is 47.5 Å². The van der Waals surface area contributed by atoms with E-state index >= 15 is 0 Å². The smallest absolute Gasteiger partial charge is 0.207 e. The van der Waals surface area contributed by atoms with E-state index in [2.05, 4.69) is 72.5 Å². The maximum absolute atomic E-state index is 10.8. The molecule has 2 atom stereocenters. The molecule has 262 valence electrons. The first-order valence-electron chi connectivity index (χ1n) is 16.6. The summed E-state index contributed by atoms with van der Waals surface area (Å²) in [4.78, 5) is 28.1. The number of aromatic nitrogens is 1. The van der Waals surface area contributed by atoms with Gasteiger partial charge >= 0.3 is 0 Å². The van der Waals surface area contributed by atoms with Crippen LogP contribution in [-0.4, -0.2) is 57.9 Å². The first-order valence-corrected chi connectivity index (χ1v) is 16.6. The summed E-state index contributed by atoms with van der Waals surface area (Å²) in [6.45, 7) is 13.7. The van der Waals surface area contributed by atoms with Gasteiger partial charge in [-0.25, -0.2) is 4.98 Å². The molecule has 0 aliphatic heterocycles. The highest BCUT2D eigenvalue weighted by Crippen LogP contribution is 2.45. The van der Waals surface area contributed by atoms with Crippen molar-refractivity contribution in [3.63, 3.8) is 0 Å². The van der Waals surface area contributed by atoms with Gasteiger partial charge in [-0.3, -0.25) is 9.79 Å². The minimum Gasteiger partial charge on any atom is -0.495 e. The van der Waals surface area contributed by atoms with Gasteiger partial charge in [-0.15, -0.1) is 0 Å². The monoisotopic (exact) mass is 659 g/mol. The lowest BCUT2D eigenvalue weighted by Gasteiger charge is -2.20. The number of methoxy groups -OCH3 is 1. The van der Waals surface area contributed by atoms with Crippen LogP contribution in [0.2, 0.25) is 0 Å². The van der Waals surface area contributed by atoms with Crippen LogP contribution < -0.4 is 26.8 Å². The lowest BCUT2D eigenvalue weighted by atomic mass is 9.94. The summed E-state index contributed by atoms with van der Waals surface area (Å²) in [6, 6.07) is 14.7. The number of nitrogen functional groups attached to an aromatic ring is 1. The van der Waals surface area contributed by atoms with Gasteiger partial charge in [0.15, 0.2) is 0 Å². The molecule has 2 unspecified atom stereocenters. The summed E-state index contributed by atoms with van der Waals surface area (Å²) in [5, 5.41) is 12.5. The average molecular weight is 660 g/mol. The second-order valence-electron chi connectivity index (χ2n) is 11.7. The molecule has 1 saturated carbocycles. The molecule has 0 saturated heterocycles. The number of nitrogens with one attached hydrogen (secondary N) is 3. The third kappa shape index (κ3) is 12.9. The van der Waals surface area contributed by atoms with Crippen molar-refractivity contribution >= 4 is 42.8 Å². The molecule has 1 heterocycles. The summed E-state index contributed by atoms with van der Waals surface area (Å²) in [5.41, 5.74) is 19.4. The highest BCUT2D eigenvalue weighted by atomic mass is 16.5. The zero-order chi connectivity index (χ0) is 36.1. The molecule has 1 aromatic heterocycles. The fourth-order valence-electron chi connectivity index (χ4n) is 5.44. The van der Waals surface area contributed by atoms with Crippen molar-refractivity contribution in [1.29, 1.82) is 5.41 Å². The van der Waals surface area contributed by atoms with E-state index < -0.39 is 0 Å². The maximum atomic E-state index is 10.8. The molecule has 10 heteroatoms. The average Bonchev–Trinajstić information content (AvgIpc) is 3.87. The Morgan fingerprint density at radius 1 is 1.10 bits per heavy atom. The minimum atomic E-state index is 0.317. The second kappa shape index (κ2) is 22.9. The van der Waals surface area contributed by atoms with Gasteiger partial charge in [-0.05, 0) is 125 Å². The SMILES string of the molecule is C=O.CC=N.CCCN=Cc1cc(C)cc(OC)c1N.CN.Cc1ccc(Nc2nc(C(CNC=O)C3CC3)cc3c2CCC3C)cc1. The maximum Gasteiger partial charge on any atom is 0.207 e. The number of fused-ring (bicyclic) bond motifs is 1. The van der Waals surface area contributed by atoms with Crippen molar-refractivity contribution in [3.8, 4) is 5.75 Å². The topological polar surface area (TPSA) is 169 Å². The standard InChI is InChI=1S/C22H27N3O.C12H18N2O.C2H5N.CH5N.CH2O/c1-14-3-8-17(9-4-14)24-22-18-10-5-15(2)19(18)11-21(25-22)20(12-23-13-26)16-6-7-16;1-4-5-14-8-10-6-9(2)7-11(15-3)12(10)13;1-2-3;2*1-2/h3-4,8-9,11,13,15-16,20H,5-7,10,12H2,1-2H3,(H,23,26)(H,24,25);6-8H,4-5,13H2,1-3H3;2-3H,1H3;2H2,1H3;1H2. The van der Waals surface area contributed by atoms with Crippen LogP contribution in [0.4, 0.5) is 17.2 Å². The number of amides is 1. The number of aryl methyl sites for hydroxylation is 2. The highest BCUT2D eigenvalue weighted by Gasteiger charge is 2.35. The van der Waals surface area contributed by atoms with Gasteiger partial charge in [0.1, 0.15) is 18.4 Å². The van der Waals surface area contributed by atoms with E-state index in [9.17, 15) is 4.79 Å². The zero-order valence-corrected chi connectivity index (χ0v) is 29.9. The van der Waals surface area contributed by atoms with Crippen LogP contribution in [-0.2, 0) is 16.0 Å². The van der Waals surface area contributed by atoms with E-state index in [1.165, 1.54) is 49.2 Å². The lowest BCUT2D eigenvalue weighted by Crippen LogP contribution is -2.22. The normalized spacial score (nSPS) is 14.5. The number of anilines is 3. The van der Waals surface area contributed by atoms with Crippen molar-refractivity contribution < 1.29 is 14.3 Å². The van der Waals surface area contributed by atoms with Crippen LogP contribution in [0.1, 0.15) is 91.8 Å². The van der Waals surface area contributed by atoms with Crippen molar-refractivity contribution in [1.82, 2.24) is 10.3 Å². The minimum absolute atomic E-state index is 0.317. The van der Waals surface area contributed by atoms with Gasteiger partial charge in [0.25, 0.3) is 0 Å². The summed E-state index contributed by atoms with van der Waals surface area (Å²) in [6.07, 6.45) is 9.65. The summed E-state index contributed by atoms with van der Waals surface area (Å²) in [7, 11) is 3.12. The molecule has 7 N–H and O–H groups in total. The highest BCUT2D eigenvalue weighted by molar-refractivity contribution is 5.89. The molecular formula is C38H57N7O3. The Morgan fingerprint density at radius 2 is 1.75 bits per heavy atom. The number of pyridine rings is 1. The molecule has 0 bridgehead atoms. The van der Waals surface area contributed by atoms with Gasteiger partial charge in [0.2, 0.25) is 6.41 Å². The Bertz CT molecular complexity index is 1420. The first kappa shape index (κ1) is 41.5. The number of aliphatic imine (C=N–C) groups is 1. The summed E-state index contributed by atoms with van der Waals surface area (Å²) >= 11 is 0. The van der Waals surface area contributed by atoms with Crippen molar-refractivity contribution in [2.24, 2.45) is 16.6 Å². The van der Waals surface area contributed by atoms with Crippen LogP contribution in [0.25, 0.3) is 0 Å². The van der Waals surface area contributed by atoms with Gasteiger partial charge < -0.3 is 37.0 Å². The molecule has 2 aliphatic rings. The summed E-state index contributed by atoms with van der Waals surface area (Å²) in [5.74, 6) is 3.26. The van der Waals surface area contributed by atoms with Crippen LogP contribution in [0.5, 0.6) is 5.75 Å². The van der Waals surface area contributed by atoms with Crippen LogP contribution in [0.3, 0.4) is 0 Å². The van der Waals surface area contributed by atoms with Crippen LogP contribution >= 0.6 is 0 Å². The fourth-order valence-corrected chi connectivity index (χ4v) is 5.44. The number of hydrogen-bond acceptors (Lipinski definition) is 9. The molecule has 1 fully saturated rings. The Hall–Kier alpha value is -4.57. The number of ether oxygens (including phenoxy) is 1. The molecular weight excluding hydrogens is 602 g/mol. The van der Waals surface area contributed by atoms with Crippen molar-refractivity contribution in [2.75, 3.05) is 38.3 Å². The largest absolute Gasteiger partial charge is 0.495 e. The molecule has 0 spiro atoms. The third-order valence-corrected chi connectivity index (χ3v) is 7.96. The molecule has 5 rings (SSSR count). The molecule has 1 amide bonds. The third-order valence-electron chi connectivity index (χ3n) is 7.96. The molecule has 0 radical (unpaired) electrons. The fraction of sp³-hybridized carbons (Fsp3) is 0.447. The lowest BCUT2D eigenvalue weighted by molar-refractivity contribution is -0.109. The predicted octanol–water partition coefficient (Wildman–Crippen LogP) is 6.88. The van der Waals surface area contributed by atoms with Crippen molar-refractivity contribution in [2.45, 2.75) is 78.6 Å². The van der Waals surface area contributed by atoms with E-state index in [0.717, 1.165) is 54.1 Å². The van der Waals surface area contributed by atoms with Gasteiger partial charge in [-0.2, -0.15) is 0 Å². The number of nitrogens with zero attached hydrogens (tertiary/aromatic N) is 2. The van der Waals surface area contributed by atoms with Crippen LogP contribution in [0, 0.1) is 25.2 Å². The van der Waals surface area contributed by atoms with E-state index in [4.69, 9.17) is 25.7 Å². The summed E-state index contributed by atoms with van der Waals surface area (Å²) < 4.78 is 5.19. The van der Waals surface area contributed by atoms with Crippen molar-refractivity contribution in [3.05, 3.63) is 76.0 Å². The number of carbonyl (C=O) groups is 2. The number of carbonyl (C=O) groups excluding carboxylic acids is 2. The van der Waals surface area contributed by atoms with E-state index in [-0.39, 0.29) is 0 Å². The first-order chi connectivity index (χ1) is 23.3. The number of rotatable bonds is 11. The van der Waals surface area contributed by atoms with Gasteiger partial charge in [-0.1, -0.05) is 31.5 Å². The van der Waals surface area contributed by atoms with E-state index in [0.29, 0.717) is 35.7 Å².